The summed E-state index contributed by atoms with van der Waals surface area (Å²) in [4.78, 5) is 13.9. The van der Waals surface area contributed by atoms with Gasteiger partial charge in [-0.1, -0.05) is 22.0 Å². The second kappa shape index (κ2) is 6.53. The van der Waals surface area contributed by atoms with Gasteiger partial charge in [0.05, 0.1) is 5.92 Å². The van der Waals surface area contributed by atoms with E-state index in [1.165, 1.54) is 12.8 Å². The van der Waals surface area contributed by atoms with Crippen LogP contribution in [0, 0.1) is 6.92 Å². The molecule has 1 N–H and O–H groups in total. The van der Waals surface area contributed by atoms with Crippen LogP contribution in [-0.4, -0.2) is 35.6 Å². The minimum atomic E-state index is -0.722. The van der Waals surface area contributed by atoms with Crippen molar-refractivity contribution in [1.29, 1.82) is 0 Å². The van der Waals surface area contributed by atoms with E-state index in [1.54, 1.807) is 0 Å². The van der Waals surface area contributed by atoms with Crippen molar-refractivity contribution in [3.8, 4) is 0 Å². The summed E-state index contributed by atoms with van der Waals surface area (Å²) in [5, 5.41) is 9.48. The third kappa shape index (κ3) is 3.80. The molecule has 1 aromatic carbocycles. The van der Waals surface area contributed by atoms with E-state index < -0.39 is 11.9 Å². The van der Waals surface area contributed by atoms with E-state index in [1.807, 2.05) is 25.1 Å². The molecule has 0 amide bonds. The highest BCUT2D eigenvalue weighted by molar-refractivity contribution is 9.10. The zero-order chi connectivity index (χ0) is 13.8. The van der Waals surface area contributed by atoms with Gasteiger partial charge in [-0.05, 0) is 69.1 Å². The fraction of sp³-hybridized carbons (Fsp3) is 0.533. The Morgan fingerprint density at radius 2 is 2.11 bits per heavy atom. The molecule has 1 heterocycles. The van der Waals surface area contributed by atoms with Gasteiger partial charge in [-0.2, -0.15) is 0 Å². The smallest absolute Gasteiger partial charge is 0.311 e. The monoisotopic (exact) mass is 325 g/mol. The number of benzene rings is 1. The topological polar surface area (TPSA) is 40.5 Å². The highest BCUT2D eigenvalue weighted by Crippen LogP contribution is 2.27. The maximum Gasteiger partial charge on any atom is 0.311 e. The van der Waals surface area contributed by atoms with E-state index in [-0.39, 0.29) is 0 Å². The number of likely N-dealkylation sites (tertiary alicyclic amines) is 1. The third-order valence-electron chi connectivity index (χ3n) is 3.85. The van der Waals surface area contributed by atoms with E-state index >= 15 is 0 Å². The van der Waals surface area contributed by atoms with Gasteiger partial charge in [0.15, 0.2) is 0 Å². The van der Waals surface area contributed by atoms with Crippen molar-refractivity contribution < 1.29 is 9.90 Å². The van der Waals surface area contributed by atoms with Crippen LogP contribution in [0.3, 0.4) is 0 Å². The van der Waals surface area contributed by atoms with Gasteiger partial charge in [0.25, 0.3) is 0 Å². The Morgan fingerprint density at radius 1 is 1.42 bits per heavy atom. The van der Waals surface area contributed by atoms with Crippen LogP contribution >= 0.6 is 15.9 Å². The van der Waals surface area contributed by atoms with Crippen molar-refractivity contribution in [2.75, 3.05) is 19.6 Å². The first-order valence-electron chi connectivity index (χ1n) is 6.79. The van der Waals surface area contributed by atoms with Crippen molar-refractivity contribution in [2.24, 2.45) is 0 Å². The Hall–Kier alpha value is -0.870. The number of aryl methyl sites for hydroxylation is 1. The van der Waals surface area contributed by atoms with E-state index in [9.17, 15) is 9.90 Å². The van der Waals surface area contributed by atoms with Gasteiger partial charge in [-0.3, -0.25) is 4.79 Å². The van der Waals surface area contributed by atoms with Crippen molar-refractivity contribution in [3.63, 3.8) is 0 Å². The average molecular weight is 326 g/mol. The largest absolute Gasteiger partial charge is 0.481 e. The summed E-state index contributed by atoms with van der Waals surface area (Å²) < 4.78 is 0.945. The lowest BCUT2D eigenvalue weighted by molar-refractivity contribution is -0.139. The van der Waals surface area contributed by atoms with E-state index in [2.05, 4.69) is 20.8 Å². The Balaban J connectivity index is 2.10. The molecule has 1 unspecified atom stereocenters. The second-order valence-corrected chi connectivity index (χ2v) is 6.14. The molecule has 0 spiro atoms. The fourth-order valence-corrected chi connectivity index (χ4v) is 3.10. The zero-order valence-corrected chi connectivity index (χ0v) is 12.8. The molecule has 1 aliphatic heterocycles. The number of carbonyl (C=O) groups is 1. The van der Waals surface area contributed by atoms with Crippen LogP contribution < -0.4 is 0 Å². The highest BCUT2D eigenvalue weighted by Gasteiger charge is 2.23. The van der Waals surface area contributed by atoms with Crippen molar-refractivity contribution in [2.45, 2.75) is 32.1 Å². The second-order valence-electron chi connectivity index (χ2n) is 5.23. The summed E-state index contributed by atoms with van der Waals surface area (Å²) in [5.41, 5.74) is 1.98. The van der Waals surface area contributed by atoms with E-state index in [0.717, 1.165) is 35.2 Å². The quantitative estimate of drug-likeness (QED) is 0.901. The number of carboxylic acid groups (broad SMARTS) is 1. The normalized spacial score (nSPS) is 17.6. The van der Waals surface area contributed by atoms with Crippen molar-refractivity contribution in [3.05, 3.63) is 33.8 Å². The van der Waals surface area contributed by atoms with Crippen LogP contribution in [-0.2, 0) is 4.79 Å². The molecule has 0 aliphatic carbocycles. The van der Waals surface area contributed by atoms with E-state index in [4.69, 9.17) is 0 Å². The minimum Gasteiger partial charge on any atom is -0.481 e. The Kier molecular flexibility index (Phi) is 4.99. The lowest BCUT2D eigenvalue weighted by Gasteiger charge is -2.20. The molecule has 1 fully saturated rings. The number of hydrogen-bond donors (Lipinski definition) is 1. The number of aliphatic carboxylic acids is 1. The lowest BCUT2D eigenvalue weighted by atomic mass is 9.92. The molecule has 0 aromatic heterocycles. The van der Waals surface area contributed by atoms with Gasteiger partial charge in [-0.15, -0.1) is 0 Å². The number of rotatable bonds is 5. The maximum atomic E-state index is 11.5. The molecule has 1 saturated heterocycles. The standard InChI is InChI=1S/C15H20BrNO2/c1-11-4-5-12(16)10-14(11)13(15(18)19)6-9-17-7-2-3-8-17/h4-5,10,13H,2-3,6-9H2,1H3,(H,18,19). The third-order valence-corrected chi connectivity index (χ3v) is 4.34. The summed E-state index contributed by atoms with van der Waals surface area (Å²) in [5.74, 6) is -1.13. The van der Waals surface area contributed by atoms with Gasteiger partial charge in [-0.25, -0.2) is 0 Å². The van der Waals surface area contributed by atoms with Gasteiger partial charge in [0.2, 0.25) is 0 Å². The molecule has 0 radical (unpaired) electrons. The van der Waals surface area contributed by atoms with Crippen LogP contribution in [0.4, 0.5) is 0 Å². The number of nitrogens with zero attached hydrogens (tertiary/aromatic N) is 1. The van der Waals surface area contributed by atoms with Crippen LogP contribution in [0.25, 0.3) is 0 Å². The predicted octanol–water partition coefficient (Wildman–Crippen LogP) is 3.41. The molecule has 4 heteroatoms. The van der Waals surface area contributed by atoms with Crippen LogP contribution in [0.15, 0.2) is 22.7 Å². The molecular weight excluding hydrogens is 306 g/mol. The number of halogens is 1. The van der Waals surface area contributed by atoms with Gasteiger partial charge in [0, 0.05) is 4.47 Å². The number of hydrogen-bond acceptors (Lipinski definition) is 2. The SMILES string of the molecule is Cc1ccc(Br)cc1C(CCN1CCCC1)C(=O)O. The van der Waals surface area contributed by atoms with E-state index in [0.29, 0.717) is 6.42 Å². The summed E-state index contributed by atoms with van der Waals surface area (Å²) >= 11 is 3.43. The molecule has 104 valence electrons. The molecule has 2 rings (SSSR count). The summed E-state index contributed by atoms with van der Waals surface area (Å²) in [6.45, 7) is 5.09. The summed E-state index contributed by atoms with van der Waals surface area (Å²) in [6, 6.07) is 5.88. The molecule has 1 atom stereocenters. The summed E-state index contributed by atoms with van der Waals surface area (Å²) in [6.07, 6.45) is 3.17. The fourth-order valence-electron chi connectivity index (χ4n) is 2.72. The van der Waals surface area contributed by atoms with Gasteiger partial charge >= 0.3 is 5.97 Å². The van der Waals surface area contributed by atoms with Crippen molar-refractivity contribution in [1.82, 2.24) is 4.90 Å². The molecular formula is C15H20BrNO2. The van der Waals surface area contributed by atoms with Crippen LogP contribution in [0.1, 0.15) is 36.3 Å². The summed E-state index contributed by atoms with van der Waals surface area (Å²) in [7, 11) is 0. The molecule has 1 aliphatic rings. The Morgan fingerprint density at radius 3 is 2.74 bits per heavy atom. The van der Waals surface area contributed by atoms with Crippen molar-refractivity contribution >= 4 is 21.9 Å². The highest BCUT2D eigenvalue weighted by atomic mass is 79.9. The molecule has 1 aromatic rings. The Labute approximate surface area is 122 Å². The lowest BCUT2D eigenvalue weighted by Crippen LogP contribution is -2.24. The maximum absolute atomic E-state index is 11.5. The average Bonchev–Trinajstić information content (AvgIpc) is 2.86. The molecule has 19 heavy (non-hydrogen) atoms. The molecule has 0 saturated carbocycles. The van der Waals surface area contributed by atoms with Crippen LogP contribution in [0.5, 0.6) is 0 Å². The first kappa shape index (κ1) is 14.5. The Bertz CT molecular complexity index is 455. The minimum absolute atomic E-state index is 0.405. The van der Waals surface area contributed by atoms with Gasteiger partial charge < -0.3 is 10.0 Å². The molecule has 0 bridgehead atoms. The van der Waals surface area contributed by atoms with Gasteiger partial charge in [0.1, 0.15) is 0 Å². The predicted molar refractivity (Wildman–Crippen MR) is 79.5 cm³/mol. The first-order valence-corrected chi connectivity index (χ1v) is 7.58. The first-order chi connectivity index (χ1) is 9.08. The zero-order valence-electron chi connectivity index (χ0n) is 11.2. The van der Waals surface area contributed by atoms with Crippen LogP contribution in [0.2, 0.25) is 0 Å². The number of carboxylic acids is 1. The molecule has 3 nitrogen and oxygen atoms in total.